The fourth-order valence-corrected chi connectivity index (χ4v) is 12.7. The number of hydrogen-bond donors (Lipinski definition) is 0. The Morgan fingerprint density at radius 1 is 0.727 bits per heavy atom. The summed E-state index contributed by atoms with van der Waals surface area (Å²) in [7, 11) is -0.504. The molecule has 0 amide bonds. The number of allylic oxidation sites excluding steroid dienone is 3. The molecule has 164 valence electrons. The second-order valence-corrected chi connectivity index (χ2v) is 13.4. The van der Waals surface area contributed by atoms with E-state index >= 15 is 0 Å². The number of aryl methyl sites for hydroxylation is 2. The molecule has 1 unspecified atom stereocenters. The van der Waals surface area contributed by atoms with Crippen LogP contribution in [0.5, 0.6) is 5.75 Å². The van der Waals surface area contributed by atoms with E-state index in [9.17, 15) is 0 Å². The maximum Gasteiger partial charge on any atom is 0.150 e. The predicted octanol–water partition coefficient (Wildman–Crippen LogP) is 6.82. The minimum atomic E-state index is -2.26. The van der Waals surface area contributed by atoms with Gasteiger partial charge in [0.25, 0.3) is 0 Å². The van der Waals surface area contributed by atoms with Crippen LogP contribution >= 0.6 is 0 Å². The molecule has 3 aliphatic rings. The zero-order chi connectivity index (χ0) is 22.4. The molecule has 0 N–H and O–H groups in total. The van der Waals surface area contributed by atoms with E-state index in [1.807, 2.05) is 0 Å². The van der Waals surface area contributed by atoms with E-state index in [2.05, 4.69) is 85.5 Å². The first-order valence-electron chi connectivity index (χ1n) is 12.2. The Kier molecular flexibility index (Phi) is 4.99. The number of methoxy groups -OCH3 is 1. The van der Waals surface area contributed by atoms with E-state index in [-0.39, 0.29) is 0 Å². The van der Waals surface area contributed by atoms with Gasteiger partial charge in [0.15, 0.2) is 8.07 Å². The number of fused-ring (bicyclic) bond motifs is 3. The molecule has 3 aromatic rings. The van der Waals surface area contributed by atoms with Gasteiger partial charge in [0.1, 0.15) is 5.75 Å². The molecule has 0 aromatic heterocycles. The van der Waals surface area contributed by atoms with Crippen LogP contribution in [0.4, 0.5) is 0 Å². The van der Waals surface area contributed by atoms with Gasteiger partial charge in [-0.1, -0.05) is 78.9 Å². The average Bonchev–Trinajstić information content (AvgIpc) is 3.28. The molecule has 3 aromatic carbocycles. The van der Waals surface area contributed by atoms with Gasteiger partial charge in [-0.3, -0.25) is 0 Å². The maximum atomic E-state index is 5.55. The van der Waals surface area contributed by atoms with E-state index < -0.39 is 8.07 Å². The Labute approximate surface area is 198 Å². The quantitative estimate of drug-likeness (QED) is 0.400. The van der Waals surface area contributed by atoms with Gasteiger partial charge < -0.3 is 4.74 Å². The van der Waals surface area contributed by atoms with E-state index in [4.69, 9.17) is 4.74 Å². The van der Waals surface area contributed by atoms with Gasteiger partial charge in [0, 0.05) is 0 Å². The molecule has 0 radical (unpaired) electrons. The molecule has 0 saturated carbocycles. The molecular weight excluding hydrogens is 416 g/mol. The van der Waals surface area contributed by atoms with E-state index in [0.29, 0.717) is 0 Å². The summed E-state index contributed by atoms with van der Waals surface area (Å²) in [6.45, 7) is 4.31. The summed E-state index contributed by atoms with van der Waals surface area (Å²) in [6, 6.07) is 28.6. The van der Waals surface area contributed by atoms with Crippen LogP contribution in [0.15, 0.2) is 96.6 Å². The fourth-order valence-electron chi connectivity index (χ4n) is 6.64. The van der Waals surface area contributed by atoms with Crippen LogP contribution in [0.2, 0.25) is 6.04 Å². The van der Waals surface area contributed by atoms with Crippen molar-refractivity contribution < 1.29 is 4.74 Å². The molecular formula is C31H30OSi. The summed E-state index contributed by atoms with van der Waals surface area (Å²) in [6.07, 6.45) is 7.96. The van der Waals surface area contributed by atoms with Gasteiger partial charge in [-0.05, 0) is 93.7 Å². The maximum absolute atomic E-state index is 5.55. The molecule has 2 aliphatic carbocycles. The van der Waals surface area contributed by atoms with Gasteiger partial charge in [-0.15, -0.1) is 0 Å². The third kappa shape index (κ3) is 3.04. The van der Waals surface area contributed by atoms with Crippen LogP contribution < -0.4 is 9.92 Å². The molecule has 0 spiro atoms. The first kappa shape index (κ1) is 20.5. The molecule has 0 fully saturated rings. The zero-order valence-electron chi connectivity index (χ0n) is 19.4. The smallest absolute Gasteiger partial charge is 0.150 e. The Bertz CT molecular complexity index is 1310. The lowest BCUT2D eigenvalue weighted by atomic mass is 9.91. The molecule has 1 heterocycles. The summed E-state index contributed by atoms with van der Waals surface area (Å²) < 4.78 is 5.55. The second-order valence-electron chi connectivity index (χ2n) is 9.53. The summed E-state index contributed by atoms with van der Waals surface area (Å²) in [5, 5.41) is 4.82. The number of ether oxygens (including phenoxy) is 1. The van der Waals surface area contributed by atoms with Crippen molar-refractivity contribution in [3.05, 3.63) is 119 Å². The lowest BCUT2D eigenvalue weighted by Crippen LogP contribution is -2.50. The average molecular weight is 447 g/mol. The SMILES string of the molecule is C=CC1=C([Si]2(c3ccc(OC)cc3)CCC3=C2c2ccccc2CC3)c2ccccc2CC1. The van der Waals surface area contributed by atoms with Crippen LogP contribution in [-0.4, -0.2) is 15.2 Å². The van der Waals surface area contributed by atoms with Crippen molar-refractivity contribution in [3.8, 4) is 5.75 Å². The highest BCUT2D eigenvalue weighted by atomic mass is 28.3. The third-order valence-electron chi connectivity index (χ3n) is 8.09. The summed E-state index contributed by atoms with van der Waals surface area (Å²) in [4.78, 5) is 0. The summed E-state index contributed by atoms with van der Waals surface area (Å²) in [5.74, 6) is 0.932. The van der Waals surface area contributed by atoms with Crippen LogP contribution in [0, 0.1) is 0 Å². The molecule has 1 aliphatic heterocycles. The molecule has 1 nitrogen and oxygen atoms in total. The summed E-state index contributed by atoms with van der Waals surface area (Å²) >= 11 is 0. The highest BCUT2D eigenvalue weighted by Crippen LogP contribution is 2.54. The van der Waals surface area contributed by atoms with Crippen LogP contribution in [0.3, 0.4) is 0 Å². The van der Waals surface area contributed by atoms with Gasteiger partial charge in [-0.25, -0.2) is 0 Å². The van der Waals surface area contributed by atoms with Crippen molar-refractivity contribution in [2.75, 3.05) is 7.11 Å². The molecule has 0 saturated heterocycles. The molecule has 1 atom stereocenters. The minimum Gasteiger partial charge on any atom is -0.497 e. The Hall–Kier alpha value is -3.10. The predicted molar refractivity (Wildman–Crippen MR) is 141 cm³/mol. The highest BCUT2D eigenvalue weighted by molar-refractivity contribution is 7.19. The second kappa shape index (κ2) is 8.04. The Balaban J connectivity index is 1.70. The van der Waals surface area contributed by atoms with E-state index in [0.717, 1.165) is 18.6 Å². The van der Waals surface area contributed by atoms with E-state index in [1.165, 1.54) is 58.3 Å². The molecule has 6 rings (SSSR count). The monoisotopic (exact) mass is 446 g/mol. The largest absolute Gasteiger partial charge is 0.497 e. The van der Waals surface area contributed by atoms with Crippen molar-refractivity contribution >= 4 is 23.7 Å². The van der Waals surface area contributed by atoms with Crippen LogP contribution in [0.1, 0.15) is 41.5 Å². The van der Waals surface area contributed by atoms with E-state index in [1.54, 1.807) is 23.1 Å². The molecule has 33 heavy (non-hydrogen) atoms. The topological polar surface area (TPSA) is 9.23 Å². The fraction of sp³-hybridized carbons (Fsp3) is 0.226. The van der Waals surface area contributed by atoms with Gasteiger partial charge in [-0.2, -0.15) is 0 Å². The lowest BCUT2D eigenvalue weighted by Gasteiger charge is -2.40. The molecule has 2 heteroatoms. The Morgan fingerprint density at radius 3 is 2.03 bits per heavy atom. The third-order valence-corrected chi connectivity index (χ3v) is 13.3. The zero-order valence-corrected chi connectivity index (χ0v) is 20.4. The lowest BCUT2D eigenvalue weighted by molar-refractivity contribution is 0.415. The Morgan fingerprint density at radius 2 is 1.36 bits per heavy atom. The van der Waals surface area contributed by atoms with Crippen molar-refractivity contribution in [1.82, 2.24) is 0 Å². The van der Waals surface area contributed by atoms with Gasteiger partial charge in [0.2, 0.25) is 0 Å². The first-order chi connectivity index (χ1) is 16.3. The van der Waals surface area contributed by atoms with Crippen LogP contribution in [0.25, 0.3) is 10.4 Å². The van der Waals surface area contributed by atoms with Crippen molar-refractivity contribution in [2.45, 2.75) is 38.1 Å². The molecule has 0 bridgehead atoms. The van der Waals surface area contributed by atoms with Crippen molar-refractivity contribution in [3.63, 3.8) is 0 Å². The van der Waals surface area contributed by atoms with Gasteiger partial charge >= 0.3 is 0 Å². The van der Waals surface area contributed by atoms with Crippen molar-refractivity contribution in [2.24, 2.45) is 0 Å². The summed E-state index contributed by atoms with van der Waals surface area (Å²) in [5.41, 5.74) is 9.17. The van der Waals surface area contributed by atoms with Crippen LogP contribution in [-0.2, 0) is 12.8 Å². The van der Waals surface area contributed by atoms with Crippen molar-refractivity contribution in [1.29, 1.82) is 0 Å². The normalized spacial score (nSPS) is 21.4. The minimum absolute atomic E-state index is 0.932. The standard InChI is InChI=1S/C31H30OSi/c1-3-22-12-13-23-8-4-6-10-28(23)30(22)33(27-18-16-26(32-2)17-19-27)21-20-25-15-14-24-9-5-7-11-29(24)31(25)33/h3-11,16-19H,1,12-15,20-21H2,2H3. The number of rotatable bonds is 4. The number of hydrogen-bond acceptors (Lipinski definition) is 1. The highest BCUT2D eigenvalue weighted by Gasteiger charge is 2.51. The number of benzene rings is 3. The first-order valence-corrected chi connectivity index (χ1v) is 14.4. The van der Waals surface area contributed by atoms with Gasteiger partial charge in [0.05, 0.1) is 7.11 Å².